The number of nitrogens with two attached hydrogens (primary N) is 1. The number of aliphatic hydroxyl groups is 1. The summed E-state index contributed by atoms with van der Waals surface area (Å²) in [6.45, 7) is 4.53. The maximum absolute atomic E-state index is 13.5. The Morgan fingerprint density at radius 3 is 2.85 bits per heavy atom. The van der Waals surface area contributed by atoms with Crippen molar-refractivity contribution in [1.29, 1.82) is 0 Å². The summed E-state index contributed by atoms with van der Waals surface area (Å²) in [5.74, 6) is -0.395. The van der Waals surface area contributed by atoms with Crippen LogP contribution in [0.25, 0.3) is 0 Å². The van der Waals surface area contributed by atoms with Gasteiger partial charge < -0.3 is 24.8 Å². The van der Waals surface area contributed by atoms with Crippen LogP contribution in [0.15, 0.2) is 60.0 Å². The Labute approximate surface area is 195 Å². The first-order valence-corrected chi connectivity index (χ1v) is 12.0. The van der Waals surface area contributed by atoms with Crippen LogP contribution in [0, 0.1) is 0 Å². The summed E-state index contributed by atoms with van der Waals surface area (Å²) in [7, 11) is -4.14. The molecular formula is C21H27N4O8P. The third-order valence-corrected chi connectivity index (χ3v) is 6.44. The molecule has 0 aliphatic carbocycles. The first kappa shape index (κ1) is 25.6. The number of anilines is 1. The fourth-order valence-corrected chi connectivity index (χ4v) is 4.62. The molecule has 2 aromatic rings. The van der Waals surface area contributed by atoms with Crippen molar-refractivity contribution in [3.8, 4) is 5.75 Å². The zero-order valence-corrected chi connectivity index (χ0v) is 19.4. The number of rotatable bonds is 11. The smallest absolute Gasteiger partial charge is 0.459 e. The predicted octanol–water partition coefficient (Wildman–Crippen LogP) is 1.38. The van der Waals surface area contributed by atoms with Crippen LogP contribution < -0.4 is 21.0 Å². The standard InChI is InChI=1S/C21H27N4O8P/c1-3-11-30-20(27)14(2)24-34(29,33-15-7-5-4-6-8-15)31-13-17-16(26)12-19(32-17)25-10-9-18(22)23-21(25)28/h3-10,14,16-17,19,26H,1,11-13H2,2H3,(H,24,29)(H2,22,23,28)/t14?,16-,17+,19+,34?/m0/s1. The number of benzene rings is 1. The number of carbonyl (C=O) groups is 1. The van der Waals surface area contributed by atoms with Gasteiger partial charge in [0.25, 0.3) is 0 Å². The third-order valence-electron chi connectivity index (χ3n) is 4.79. The highest BCUT2D eigenvalue weighted by atomic mass is 31.2. The maximum Gasteiger partial charge on any atom is 0.459 e. The van der Waals surface area contributed by atoms with Gasteiger partial charge in [-0.15, -0.1) is 0 Å². The topological polar surface area (TPSA) is 164 Å². The second-order valence-corrected chi connectivity index (χ2v) is 9.14. The Morgan fingerprint density at radius 1 is 1.44 bits per heavy atom. The molecule has 1 aromatic carbocycles. The molecule has 34 heavy (non-hydrogen) atoms. The van der Waals surface area contributed by atoms with Gasteiger partial charge in [0.15, 0.2) is 0 Å². The quantitative estimate of drug-likeness (QED) is 0.235. The summed E-state index contributed by atoms with van der Waals surface area (Å²) >= 11 is 0. The number of hydrogen-bond donors (Lipinski definition) is 3. The molecule has 0 amide bonds. The average Bonchev–Trinajstić information content (AvgIpc) is 3.16. The van der Waals surface area contributed by atoms with E-state index in [4.69, 9.17) is 24.3 Å². The predicted molar refractivity (Wildman–Crippen MR) is 122 cm³/mol. The van der Waals surface area contributed by atoms with Gasteiger partial charge in [0, 0.05) is 12.6 Å². The molecule has 5 atom stereocenters. The lowest BCUT2D eigenvalue weighted by atomic mass is 10.2. The molecule has 1 fully saturated rings. The number of nitrogens with zero attached hydrogens (tertiary/aromatic N) is 2. The van der Waals surface area contributed by atoms with Crippen LogP contribution in [0.5, 0.6) is 5.75 Å². The largest absolute Gasteiger partial charge is 0.460 e. The molecule has 0 saturated carbocycles. The molecule has 3 rings (SSSR count). The number of aliphatic hydroxyl groups excluding tert-OH is 1. The van der Waals surface area contributed by atoms with Crippen LogP contribution in [0.2, 0.25) is 0 Å². The van der Waals surface area contributed by atoms with Gasteiger partial charge in [-0.2, -0.15) is 10.1 Å². The van der Waals surface area contributed by atoms with Crippen molar-refractivity contribution < 1.29 is 33.0 Å². The van der Waals surface area contributed by atoms with Gasteiger partial charge >= 0.3 is 19.4 Å². The molecule has 0 spiro atoms. The van der Waals surface area contributed by atoms with Crippen molar-refractivity contribution in [2.24, 2.45) is 0 Å². The number of para-hydroxylation sites is 1. The lowest BCUT2D eigenvalue weighted by Crippen LogP contribution is -2.36. The monoisotopic (exact) mass is 494 g/mol. The fraction of sp³-hybridized carbons (Fsp3) is 0.381. The van der Waals surface area contributed by atoms with Gasteiger partial charge in [0.05, 0.1) is 12.7 Å². The number of carbonyl (C=O) groups excluding carboxylic acids is 1. The fourth-order valence-electron chi connectivity index (χ4n) is 3.12. The zero-order valence-electron chi connectivity index (χ0n) is 18.5. The van der Waals surface area contributed by atoms with Crippen molar-refractivity contribution in [2.45, 2.75) is 37.8 Å². The number of nitrogens with one attached hydrogen (secondary N) is 1. The minimum atomic E-state index is -4.14. The van der Waals surface area contributed by atoms with E-state index in [0.29, 0.717) is 0 Å². The minimum Gasteiger partial charge on any atom is -0.460 e. The molecular weight excluding hydrogens is 467 g/mol. The van der Waals surface area contributed by atoms with Crippen molar-refractivity contribution >= 4 is 19.5 Å². The molecule has 1 aromatic heterocycles. The lowest BCUT2D eigenvalue weighted by Gasteiger charge is -2.24. The van der Waals surface area contributed by atoms with Gasteiger partial charge in [0.1, 0.15) is 36.5 Å². The molecule has 1 saturated heterocycles. The van der Waals surface area contributed by atoms with E-state index >= 15 is 0 Å². The van der Waals surface area contributed by atoms with Crippen molar-refractivity contribution in [3.63, 3.8) is 0 Å². The van der Waals surface area contributed by atoms with E-state index in [2.05, 4.69) is 16.7 Å². The summed E-state index contributed by atoms with van der Waals surface area (Å²) in [5, 5.41) is 13.0. The summed E-state index contributed by atoms with van der Waals surface area (Å²) < 4.78 is 36.4. The zero-order chi connectivity index (χ0) is 24.7. The number of esters is 1. The molecule has 0 radical (unpaired) electrons. The van der Waals surface area contributed by atoms with Crippen LogP contribution in [0.4, 0.5) is 5.82 Å². The molecule has 4 N–H and O–H groups in total. The molecule has 12 nitrogen and oxygen atoms in total. The third kappa shape index (κ3) is 6.75. The molecule has 1 aliphatic heterocycles. The summed E-state index contributed by atoms with van der Waals surface area (Å²) in [6, 6.07) is 8.61. The Balaban J connectivity index is 1.70. The first-order chi connectivity index (χ1) is 16.2. The average molecular weight is 494 g/mol. The van der Waals surface area contributed by atoms with Gasteiger partial charge in [-0.05, 0) is 25.1 Å². The highest BCUT2D eigenvalue weighted by Gasteiger charge is 2.39. The van der Waals surface area contributed by atoms with E-state index in [9.17, 15) is 19.3 Å². The van der Waals surface area contributed by atoms with Gasteiger partial charge in [-0.3, -0.25) is 13.9 Å². The van der Waals surface area contributed by atoms with Crippen LogP contribution in [0.3, 0.4) is 0 Å². The maximum atomic E-state index is 13.5. The lowest BCUT2D eigenvalue weighted by molar-refractivity contribution is -0.144. The first-order valence-electron chi connectivity index (χ1n) is 10.4. The van der Waals surface area contributed by atoms with E-state index in [1.165, 1.54) is 29.8 Å². The Hall–Kier alpha value is -3.02. The second-order valence-electron chi connectivity index (χ2n) is 7.44. The Kier molecular flexibility index (Phi) is 8.59. The Morgan fingerprint density at radius 2 is 2.18 bits per heavy atom. The summed E-state index contributed by atoms with van der Waals surface area (Å²) in [6.07, 6.45) is 0.0904. The number of hydrogen-bond acceptors (Lipinski definition) is 10. The van der Waals surface area contributed by atoms with E-state index in [1.54, 1.807) is 30.3 Å². The van der Waals surface area contributed by atoms with Crippen molar-refractivity contribution in [3.05, 3.63) is 65.7 Å². The van der Waals surface area contributed by atoms with Crippen molar-refractivity contribution in [1.82, 2.24) is 14.6 Å². The van der Waals surface area contributed by atoms with Crippen molar-refractivity contribution in [2.75, 3.05) is 18.9 Å². The molecule has 13 heteroatoms. The van der Waals surface area contributed by atoms with E-state index in [-0.39, 0.29) is 31.2 Å². The van der Waals surface area contributed by atoms with Crippen LogP contribution >= 0.6 is 7.75 Å². The molecule has 0 bridgehead atoms. The molecule has 184 valence electrons. The SMILES string of the molecule is C=CCOC(=O)C(C)NP(=O)(OC[C@H]1O[C@@H](n2ccc(N)nc2=O)C[C@@H]1O)Oc1ccccc1. The van der Waals surface area contributed by atoms with Gasteiger partial charge in [-0.25, -0.2) is 9.36 Å². The normalized spacial score (nSPS) is 22.5. The van der Waals surface area contributed by atoms with Crippen LogP contribution in [-0.4, -0.2) is 52.1 Å². The molecule has 2 unspecified atom stereocenters. The Bertz CT molecular complexity index is 1100. The second kappa shape index (κ2) is 11.4. The van der Waals surface area contributed by atoms with Crippen LogP contribution in [0.1, 0.15) is 19.6 Å². The van der Waals surface area contributed by atoms with Crippen LogP contribution in [-0.2, 0) is 23.4 Å². The van der Waals surface area contributed by atoms with E-state index in [1.807, 2.05) is 0 Å². The molecule has 1 aliphatic rings. The number of aromatic nitrogens is 2. The minimum absolute atomic E-state index is 0.0155. The van der Waals surface area contributed by atoms with Gasteiger partial charge in [-0.1, -0.05) is 30.9 Å². The summed E-state index contributed by atoms with van der Waals surface area (Å²) in [5.41, 5.74) is 4.87. The number of ether oxygens (including phenoxy) is 2. The summed E-state index contributed by atoms with van der Waals surface area (Å²) in [4.78, 5) is 27.8. The highest BCUT2D eigenvalue weighted by molar-refractivity contribution is 7.52. The highest BCUT2D eigenvalue weighted by Crippen LogP contribution is 2.45. The van der Waals surface area contributed by atoms with E-state index < -0.39 is 43.9 Å². The molecule has 2 heterocycles. The van der Waals surface area contributed by atoms with Gasteiger partial charge in [0.2, 0.25) is 0 Å². The number of nitrogen functional groups attached to an aromatic ring is 1. The van der Waals surface area contributed by atoms with E-state index in [0.717, 1.165) is 0 Å².